The fourth-order valence-corrected chi connectivity index (χ4v) is 1.71. The number of ether oxygens (including phenoxy) is 1. The highest BCUT2D eigenvalue weighted by atomic mass is 79.9. The summed E-state index contributed by atoms with van der Waals surface area (Å²) in [5.74, 6) is -0.356. The van der Waals surface area contributed by atoms with Gasteiger partial charge in [-0.1, -0.05) is 15.9 Å². The number of rotatable bonds is 3. The van der Waals surface area contributed by atoms with Crippen molar-refractivity contribution in [3.05, 3.63) is 0 Å². The second-order valence-electron chi connectivity index (χ2n) is 2.82. The van der Waals surface area contributed by atoms with Gasteiger partial charge in [0.05, 0.1) is 11.4 Å². The maximum Gasteiger partial charge on any atom is 0.325 e. The largest absolute Gasteiger partial charge is 0.465 e. The summed E-state index contributed by atoms with van der Waals surface area (Å²) in [4.78, 5) is 23.7. The van der Waals surface area contributed by atoms with Gasteiger partial charge in [0.2, 0.25) is 5.91 Å². The van der Waals surface area contributed by atoms with Gasteiger partial charge in [-0.05, 0) is 13.3 Å². The smallest absolute Gasteiger partial charge is 0.325 e. The second-order valence-corrected chi connectivity index (χ2v) is 3.93. The van der Waals surface area contributed by atoms with Gasteiger partial charge in [0, 0.05) is 6.54 Å². The summed E-state index contributed by atoms with van der Waals surface area (Å²) in [7, 11) is 0. The van der Waals surface area contributed by atoms with Crippen LogP contribution >= 0.6 is 15.9 Å². The third kappa shape index (κ3) is 2.69. The van der Waals surface area contributed by atoms with E-state index in [2.05, 4.69) is 15.9 Å². The van der Waals surface area contributed by atoms with E-state index in [-0.39, 0.29) is 23.2 Å². The first-order valence-corrected chi connectivity index (χ1v) is 5.15. The monoisotopic (exact) mass is 249 g/mol. The number of alkyl halides is 1. The Kier molecular flexibility index (Phi) is 3.71. The minimum atomic E-state index is -0.336. The normalized spacial score (nSPS) is 22.2. The van der Waals surface area contributed by atoms with Gasteiger partial charge in [0.1, 0.15) is 6.54 Å². The first-order chi connectivity index (χ1) is 6.15. The zero-order valence-electron chi connectivity index (χ0n) is 7.46. The van der Waals surface area contributed by atoms with E-state index in [1.54, 1.807) is 6.92 Å². The molecule has 1 amide bonds. The molecule has 0 N–H and O–H groups in total. The number of nitrogens with zero attached hydrogens (tertiary/aromatic N) is 1. The lowest BCUT2D eigenvalue weighted by atomic mass is 10.4. The van der Waals surface area contributed by atoms with Gasteiger partial charge >= 0.3 is 5.97 Å². The predicted molar refractivity (Wildman–Crippen MR) is 50.5 cm³/mol. The predicted octanol–water partition coefficient (Wildman–Crippen LogP) is 0.545. The maximum atomic E-state index is 11.3. The Morgan fingerprint density at radius 2 is 2.46 bits per heavy atom. The molecule has 0 saturated carbocycles. The van der Waals surface area contributed by atoms with Crippen LogP contribution in [-0.2, 0) is 14.3 Å². The number of carbonyl (C=O) groups excluding carboxylic acids is 2. The number of amides is 1. The van der Waals surface area contributed by atoms with Crippen LogP contribution in [0.1, 0.15) is 13.3 Å². The molecule has 1 aliphatic rings. The van der Waals surface area contributed by atoms with Gasteiger partial charge in [0.25, 0.3) is 0 Å². The summed E-state index contributed by atoms with van der Waals surface area (Å²) < 4.78 is 4.74. The Morgan fingerprint density at radius 1 is 1.77 bits per heavy atom. The molecule has 13 heavy (non-hydrogen) atoms. The van der Waals surface area contributed by atoms with Crippen LogP contribution in [0.15, 0.2) is 0 Å². The molecule has 4 nitrogen and oxygen atoms in total. The number of halogens is 1. The third-order valence-electron chi connectivity index (χ3n) is 1.86. The molecule has 1 atom stereocenters. The Hall–Kier alpha value is -0.580. The van der Waals surface area contributed by atoms with Crippen molar-refractivity contribution in [2.24, 2.45) is 0 Å². The van der Waals surface area contributed by atoms with Crippen molar-refractivity contribution >= 4 is 27.8 Å². The van der Waals surface area contributed by atoms with Gasteiger partial charge in [-0.15, -0.1) is 0 Å². The van der Waals surface area contributed by atoms with E-state index in [4.69, 9.17) is 4.74 Å². The van der Waals surface area contributed by atoms with E-state index in [0.29, 0.717) is 13.2 Å². The van der Waals surface area contributed by atoms with Crippen LogP contribution in [0.25, 0.3) is 0 Å². The quantitative estimate of drug-likeness (QED) is 0.542. The molecule has 1 saturated heterocycles. The number of likely N-dealkylation sites (tertiary alicyclic amines) is 1. The summed E-state index contributed by atoms with van der Waals surface area (Å²) in [5.41, 5.74) is 0. The molecule has 0 aromatic carbocycles. The lowest BCUT2D eigenvalue weighted by molar-refractivity contribution is -0.147. The van der Waals surface area contributed by atoms with Crippen molar-refractivity contribution in [2.75, 3.05) is 19.7 Å². The second kappa shape index (κ2) is 4.60. The minimum Gasteiger partial charge on any atom is -0.465 e. The number of hydrogen-bond donors (Lipinski definition) is 0. The molecular weight excluding hydrogens is 238 g/mol. The van der Waals surface area contributed by atoms with E-state index in [1.807, 2.05) is 0 Å². The van der Waals surface area contributed by atoms with E-state index in [0.717, 1.165) is 6.42 Å². The molecular formula is C8H12BrNO3. The fraction of sp³-hybridized carbons (Fsp3) is 0.750. The Bertz CT molecular complexity index is 219. The van der Waals surface area contributed by atoms with Crippen molar-refractivity contribution < 1.29 is 14.3 Å². The molecule has 1 unspecified atom stereocenters. The first kappa shape index (κ1) is 10.5. The fourth-order valence-electron chi connectivity index (χ4n) is 1.22. The molecule has 0 radical (unpaired) electrons. The van der Waals surface area contributed by atoms with E-state index < -0.39 is 0 Å². The highest BCUT2D eigenvalue weighted by Crippen LogP contribution is 2.17. The summed E-state index contributed by atoms with van der Waals surface area (Å²) in [5, 5.41) is 0. The Balaban J connectivity index is 2.38. The van der Waals surface area contributed by atoms with Crippen molar-refractivity contribution in [1.82, 2.24) is 4.90 Å². The number of carbonyl (C=O) groups is 2. The van der Waals surface area contributed by atoms with Gasteiger partial charge < -0.3 is 9.64 Å². The highest BCUT2D eigenvalue weighted by molar-refractivity contribution is 9.10. The van der Waals surface area contributed by atoms with Crippen molar-refractivity contribution in [3.8, 4) is 0 Å². The van der Waals surface area contributed by atoms with E-state index in [1.165, 1.54) is 4.90 Å². The molecule has 0 bridgehead atoms. The topological polar surface area (TPSA) is 46.6 Å². The Morgan fingerprint density at radius 3 is 2.92 bits per heavy atom. The molecule has 74 valence electrons. The van der Waals surface area contributed by atoms with E-state index >= 15 is 0 Å². The SMILES string of the molecule is CCOC(=O)CN1CCC(Br)C1=O. The van der Waals surface area contributed by atoms with Crippen molar-refractivity contribution in [3.63, 3.8) is 0 Å². The maximum absolute atomic E-state index is 11.3. The molecule has 0 aromatic rings. The molecule has 1 heterocycles. The molecule has 0 aromatic heterocycles. The van der Waals surface area contributed by atoms with E-state index in [9.17, 15) is 9.59 Å². The zero-order valence-corrected chi connectivity index (χ0v) is 9.04. The van der Waals surface area contributed by atoms with Crippen LogP contribution in [0.5, 0.6) is 0 Å². The summed E-state index contributed by atoms with van der Waals surface area (Å²) >= 11 is 3.23. The van der Waals surface area contributed by atoms with Crippen LogP contribution in [-0.4, -0.2) is 41.3 Å². The lowest BCUT2D eigenvalue weighted by Gasteiger charge is -2.13. The van der Waals surface area contributed by atoms with Gasteiger partial charge in [-0.3, -0.25) is 9.59 Å². The summed E-state index contributed by atoms with van der Waals surface area (Å²) in [6.45, 7) is 2.82. The van der Waals surface area contributed by atoms with Gasteiger partial charge in [0.15, 0.2) is 0 Å². The molecule has 5 heteroatoms. The first-order valence-electron chi connectivity index (χ1n) is 4.23. The van der Waals surface area contributed by atoms with Gasteiger partial charge in [-0.25, -0.2) is 0 Å². The number of hydrogen-bond acceptors (Lipinski definition) is 3. The molecule has 1 fully saturated rings. The highest BCUT2D eigenvalue weighted by Gasteiger charge is 2.30. The average Bonchev–Trinajstić information content (AvgIpc) is 2.37. The minimum absolute atomic E-state index is 0.0203. The van der Waals surface area contributed by atoms with Gasteiger partial charge in [-0.2, -0.15) is 0 Å². The lowest BCUT2D eigenvalue weighted by Crippen LogP contribution is -2.33. The molecule has 0 aliphatic carbocycles. The standard InChI is InChI=1S/C8H12BrNO3/c1-2-13-7(11)5-10-4-3-6(9)8(10)12/h6H,2-5H2,1H3. The Labute approximate surface area is 85.4 Å². The van der Waals surface area contributed by atoms with Crippen LogP contribution < -0.4 is 0 Å². The van der Waals surface area contributed by atoms with Crippen molar-refractivity contribution in [1.29, 1.82) is 0 Å². The zero-order chi connectivity index (χ0) is 9.84. The molecule has 0 spiro atoms. The average molecular weight is 250 g/mol. The number of esters is 1. The van der Waals surface area contributed by atoms with Crippen LogP contribution in [0.3, 0.4) is 0 Å². The van der Waals surface area contributed by atoms with Crippen LogP contribution in [0.2, 0.25) is 0 Å². The van der Waals surface area contributed by atoms with Crippen LogP contribution in [0.4, 0.5) is 0 Å². The third-order valence-corrected chi connectivity index (χ3v) is 2.71. The summed E-state index contributed by atoms with van der Waals surface area (Å²) in [6, 6.07) is 0. The van der Waals surface area contributed by atoms with Crippen LogP contribution in [0, 0.1) is 0 Å². The summed E-state index contributed by atoms with van der Waals surface area (Å²) in [6.07, 6.45) is 0.762. The van der Waals surface area contributed by atoms with Crippen molar-refractivity contribution in [2.45, 2.75) is 18.2 Å². The molecule has 1 aliphatic heterocycles. The molecule has 1 rings (SSSR count).